The van der Waals surface area contributed by atoms with Crippen molar-refractivity contribution in [1.82, 2.24) is 0 Å². The quantitative estimate of drug-likeness (QED) is 0.542. The Bertz CT molecular complexity index is 192. The number of hydrogen-bond acceptors (Lipinski definition) is 1. The first kappa shape index (κ1) is 14.0. The lowest BCUT2D eigenvalue weighted by Gasteiger charge is -2.38. The molecule has 0 amide bonds. The fraction of sp³-hybridized carbons (Fsp3) is 1.00. The summed E-state index contributed by atoms with van der Waals surface area (Å²) in [5.41, 5.74) is 0.385. The molecular formula is C12H22ClIO. The van der Waals surface area contributed by atoms with Gasteiger partial charge in [-0.1, -0.05) is 36.4 Å². The molecule has 1 unspecified atom stereocenters. The van der Waals surface area contributed by atoms with Gasteiger partial charge >= 0.3 is 0 Å². The molecule has 0 spiro atoms. The molecule has 0 bridgehead atoms. The standard InChI is InChI=1S/C12H22ClIO/c1-11(2)6-4-10(5-7-11)15-12(3,8-13)9-14/h10H,4-9H2,1-3H3. The largest absolute Gasteiger partial charge is 0.370 e. The average Bonchev–Trinajstić information content (AvgIpc) is 2.21. The lowest BCUT2D eigenvalue weighted by molar-refractivity contribution is -0.0785. The number of halogens is 2. The van der Waals surface area contributed by atoms with Crippen LogP contribution in [-0.4, -0.2) is 22.0 Å². The van der Waals surface area contributed by atoms with E-state index < -0.39 is 0 Å². The van der Waals surface area contributed by atoms with Crippen molar-refractivity contribution in [3.8, 4) is 0 Å². The van der Waals surface area contributed by atoms with Gasteiger partial charge in [0.05, 0.1) is 17.6 Å². The van der Waals surface area contributed by atoms with E-state index in [9.17, 15) is 0 Å². The molecule has 1 rings (SSSR count). The van der Waals surface area contributed by atoms with E-state index in [0.29, 0.717) is 17.4 Å². The van der Waals surface area contributed by atoms with Crippen LogP contribution in [0.4, 0.5) is 0 Å². The van der Waals surface area contributed by atoms with Crippen molar-refractivity contribution < 1.29 is 4.74 Å². The van der Waals surface area contributed by atoms with E-state index in [1.807, 2.05) is 0 Å². The van der Waals surface area contributed by atoms with Crippen molar-refractivity contribution in [3.05, 3.63) is 0 Å². The molecule has 0 aromatic carbocycles. The molecule has 0 heterocycles. The summed E-state index contributed by atoms with van der Waals surface area (Å²) in [5, 5.41) is 0. The molecule has 0 aromatic heterocycles. The van der Waals surface area contributed by atoms with E-state index >= 15 is 0 Å². The Balaban J connectivity index is 2.41. The smallest absolute Gasteiger partial charge is 0.0881 e. The molecule has 0 N–H and O–H groups in total. The molecule has 1 atom stereocenters. The normalized spacial score (nSPS) is 26.2. The van der Waals surface area contributed by atoms with E-state index in [-0.39, 0.29) is 5.60 Å². The molecule has 0 aromatic rings. The summed E-state index contributed by atoms with van der Waals surface area (Å²) < 4.78 is 7.10. The number of ether oxygens (including phenoxy) is 1. The van der Waals surface area contributed by atoms with Gasteiger partial charge in [-0.25, -0.2) is 0 Å². The maximum atomic E-state index is 6.13. The highest BCUT2D eigenvalue weighted by Crippen LogP contribution is 2.37. The molecule has 15 heavy (non-hydrogen) atoms. The van der Waals surface area contributed by atoms with E-state index in [4.69, 9.17) is 16.3 Å². The number of rotatable bonds is 4. The third-order valence-electron chi connectivity index (χ3n) is 3.30. The van der Waals surface area contributed by atoms with E-state index in [1.54, 1.807) is 0 Å². The van der Waals surface area contributed by atoms with E-state index in [0.717, 1.165) is 4.43 Å². The molecule has 1 aliphatic rings. The molecule has 1 fully saturated rings. The highest BCUT2D eigenvalue weighted by molar-refractivity contribution is 14.1. The molecule has 1 aliphatic carbocycles. The Hall–Kier alpha value is 0.980. The van der Waals surface area contributed by atoms with Crippen LogP contribution in [-0.2, 0) is 4.74 Å². The summed E-state index contributed by atoms with van der Waals surface area (Å²) in [7, 11) is 0. The second-order valence-corrected chi connectivity index (χ2v) is 6.73. The topological polar surface area (TPSA) is 9.23 Å². The van der Waals surface area contributed by atoms with Crippen LogP contribution in [0.15, 0.2) is 0 Å². The summed E-state index contributed by atoms with van der Waals surface area (Å²) in [4.78, 5) is 0. The number of hydrogen-bond donors (Lipinski definition) is 0. The van der Waals surface area contributed by atoms with Crippen LogP contribution in [0.2, 0.25) is 0 Å². The predicted octanol–water partition coefficient (Wildman–Crippen LogP) is 4.40. The van der Waals surface area contributed by atoms with E-state index in [2.05, 4.69) is 43.4 Å². The van der Waals surface area contributed by atoms with Crippen LogP contribution < -0.4 is 0 Å². The van der Waals surface area contributed by atoms with Crippen molar-refractivity contribution in [3.63, 3.8) is 0 Å². The van der Waals surface area contributed by atoms with Gasteiger partial charge < -0.3 is 4.74 Å². The summed E-state index contributed by atoms with van der Waals surface area (Å²) in [6.45, 7) is 6.82. The van der Waals surface area contributed by atoms with Crippen molar-refractivity contribution in [2.24, 2.45) is 5.41 Å². The SMILES string of the molecule is CC1(C)CCC(OC(C)(CCl)CI)CC1. The second kappa shape index (κ2) is 5.54. The van der Waals surface area contributed by atoms with Gasteiger partial charge in [0.1, 0.15) is 0 Å². The van der Waals surface area contributed by atoms with Gasteiger partial charge in [-0.3, -0.25) is 0 Å². The van der Waals surface area contributed by atoms with Gasteiger partial charge in [-0.2, -0.15) is 0 Å². The summed E-state index contributed by atoms with van der Waals surface area (Å²) in [6.07, 6.45) is 5.36. The van der Waals surface area contributed by atoms with Crippen LogP contribution in [0.5, 0.6) is 0 Å². The predicted molar refractivity (Wildman–Crippen MR) is 75.1 cm³/mol. The summed E-state index contributed by atoms with van der Waals surface area (Å²) in [5.74, 6) is 0.593. The first-order chi connectivity index (χ1) is 6.91. The van der Waals surface area contributed by atoms with Gasteiger partial charge in [-0.05, 0) is 38.0 Å². The van der Waals surface area contributed by atoms with Gasteiger partial charge in [-0.15, -0.1) is 11.6 Å². The Morgan fingerprint density at radius 2 is 1.93 bits per heavy atom. The zero-order chi connectivity index (χ0) is 11.5. The van der Waals surface area contributed by atoms with Crippen LogP contribution >= 0.6 is 34.2 Å². The number of alkyl halides is 2. The van der Waals surface area contributed by atoms with Crippen molar-refractivity contribution in [2.75, 3.05) is 10.3 Å². The third kappa shape index (κ3) is 4.39. The van der Waals surface area contributed by atoms with E-state index in [1.165, 1.54) is 25.7 Å². The summed E-state index contributed by atoms with van der Waals surface area (Å²) in [6, 6.07) is 0. The molecule has 0 radical (unpaired) electrons. The lowest BCUT2D eigenvalue weighted by Crippen LogP contribution is -2.39. The van der Waals surface area contributed by atoms with Crippen LogP contribution in [0.3, 0.4) is 0 Å². The molecule has 90 valence electrons. The Morgan fingerprint density at radius 3 is 2.33 bits per heavy atom. The molecule has 1 saturated carbocycles. The first-order valence-corrected chi connectivity index (χ1v) is 7.77. The Labute approximate surface area is 112 Å². The van der Waals surface area contributed by atoms with Crippen molar-refractivity contribution in [2.45, 2.75) is 58.2 Å². The van der Waals surface area contributed by atoms with Crippen molar-refractivity contribution in [1.29, 1.82) is 0 Å². The fourth-order valence-electron chi connectivity index (χ4n) is 1.99. The van der Waals surface area contributed by atoms with Gasteiger partial charge in [0.15, 0.2) is 0 Å². The molecular weight excluding hydrogens is 322 g/mol. The fourth-order valence-corrected chi connectivity index (χ4v) is 2.92. The van der Waals surface area contributed by atoms with Gasteiger partial charge in [0.2, 0.25) is 0 Å². The lowest BCUT2D eigenvalue weighted by atomic mass is 9.76. The highest BCUT2D eigenvalue weighted by Gasteiger charge is 2.32. The molecule has 3 heteroatoms. The molecule has 1 nitrogen and oxygen atoms in total. The zero-order valence-corrected chi connectivity index (χ0v) is 12.9. The highest BCUT2D eigenvalue weighted by atomic mass is 127. The summed E-state index contributed by atoms with van der Waals surface area (Å²) >= 11 is 8.31. The van der Waals surface area contributed by atoms with Crippen LogP contribution in [0.25, 0.3) is 0 Å². The molecule has 0 saturated heterocycles. The second-order valence-electron chi connectivity index (χ2n) is 5.70. The van der Waals surface area contributed by atoms with Gasteiger partial charge in [0, 0.05) is 4.43 Å². The molecule has 0 aliphatic heterocycles. The minimum Gasteiger partial charge on any atom is -0.370 e. The maximum Gasteiger partial charge on any atom is 0.0881 e. The zero-order valence-electron chi connectivity index (χ0n) is 9.98. The Kier molecular flexibility index (Phi) is 5.19. The first-order valence-electron chi connectivity index (χ1n) is 5.71. The van der Waals surface area contributed by atoms with Gasteiger partial charge in [0.25, 0.3) is 0 Å². The third-order valence-corrected chi connectivity index (χ3v) is 5.48. The van der Waals surface area contributed by atoms with Crippen LogP contribution in [0.1, 0.15) is 46.5 Å². The monoisotopic (exact) mass is 344 g/mol. The minimum absolute atomic E-state index is 0.131. The Morgan fingerprint density at radius 1 is 1.40 bits per heavy atom. The maximum absolute atomic E-state index is 6.13. The van der Waals surface area contributed by atoms with Crippen LogP contribution in [0, 0.1) is 5.41 Å². The average molecular weight is 345 g/mol. The van der Waals surface area contributed by atoms with Crippen molar-refractivity contribution >= 4 is 34.2 Å². The minimum atomic E-state index is -0.131.